The molecule has 4 aromatic rings. The minimum Gasteiger partial charge on any atom is -0.453 e. The van der Waals surface area contributed by atoms with Crippen LogP contribution in [0.1, 0.15) is 11.1 Å². The second-order valence-electron chi connectivity index (χ2n) is 7.24. The van der Waals surface area contributed by atoms with E-state index in [0.717, 1.165) is 11.3 Å². The first-order valence-electron chi connectivity index (χ1n) is 10.2. The molecule has 0 bridgehead atoms. The predicted molar refractivity (Wildman–Crippen MR) is 128 cm³/mol. The number of nitrogens with one attached hydrogen (secondary N) is 2. The van der Waals surface area contributed by atoms with Crippen molar-refractivity contribution in [3.05, 3.63) is 101 Å². The average molecular weight is 498 g/mol. The quantitative estimate of drug-likeness (QED) is 0.348. The maximum atomic E-state index is 14.3. The SMILES string of the molecule is O=C(Cc1ccc(NS(=O)(=O)c2cccs2)cc1)NCc1ccc(Oc2cccnc2)c(F)c1. The van der Waals surface area contributed by atoms with Crippen molar-refractivity contribution >= 4 is 33.0 Å². The highest BCUT2D eigenvalue weighted by atomic mass is 32.2. The zero-order valence-corrected chi connectivity index (χ0v) is 19.4. The first-order valence-corrected chi connectivity index (χ1v) is 12.5. The third-order valence-corrected chi connectivity index (χ3v) is 7.46. The molecular weight excluding hydrogens is 477 g/mol. The number of carbonyl (C=O) groups is 1. The molecule has 2 N–H and O–H groups in total. The van der Waals surface area contributed by atoms with Crippen molar-refractivity contribution in [3.8, 4) is 11.5 Å². The number of benzene rings is 2. The van der Waals surface area contributed by atoms with Crippen molar-refractivity contribution in [1.82, 2.24) is 10.3 Å². The number of nitrogens with zero attached hydrogens (tertiary/aromatic N) is 1. The molecule has 0 aliphatic rings. The van der Waals surface area contributed by atoms with E-state index in [4.69, 9.17) is 4.74 Å². The fraction of sp³-hybridized carbons (Fsp3) is 0.0833. The second-order valence-corrected chi connectivity index (χ2v) is 10.1. The summed E-state index contributed by atoms with van der Waals surface area (Å²) in [6.45, 7) is 0.154. The van der Waals surface area contributed by atoms with Crippen molar-refractivity contribution in [3.63, 3.8) is 0 Å². The monoisotopic (exact) mass is 497 g/mol. The smallest absolute Gasteiger partial charge is 0.271 e. The Labute approximate surface area is 200 Å². The molecule has 0 aliphatic carbocycles. The van der Waals surface area contributed by atoms with Gasteiger partial charge < -0.3 is 10.1 Å². The van der Waals surface area contributed by atoms with Gasteiger partial charge in [0, 0.05) is 18.4 Å². The van der Waals surface area contributed by atoms with Gasteiger partial charge in [0.15, 0.2) is 11.6 Å². The number of halogens is 1. The van der Waals surface area contributed by atoms with Gasteiger partial charge in [-0.3, -0.25) is 14.5 Å². The van der Waals surface area contributed by atoms with Gasteiger partial charge >= 0.3 is 0 Å². The Morgan fingerprint density at radius 3 is 2.50 bits per heavy atom. The van der Waals surface area contributed by atoms with Crippen LogP contribution in [0.3, 0.4) is 0 Å². The molecule has 0 saturated carbocycles. The van der Waals surface area contributed by atoms with E-state index in [1.807, 2.05) is 0 Å². The zero-order valence-electron chi connectivity index (χ0n) is 17.8. The van der Waals surface area contributed by atoms with Gasteiger partial charge in [0.1, 0.15) is 9.96 Å². The van der Waals surface area contributed by atoms with Crippen LogP contribution in [0.25, 0.3) is 0 Å². The maximum absolute atomic E-state index is 14.3. The molecule has 2 aromatic carbocycles. The summed E-state index contributed by atoms with van der Waals surface area (Å²) in [5.41, 5.74) is 1.70. The van der Waals surface area contributed by atoms with Gasteiger partial charge in [-0.25, -0.2) is 12.8 Å². The number of thiophene rings is 1. The highest BCUT2D eigenvalue weighted by Crippen LogP contribution is 2.24. The molecule has 2 aromatic heterocycles. The fourth-order valence-electron chi connectivity index (χ4n) is 3.03. The standard InChI is InChI=1S/C24H20FN3O4S2/c25-21-13-18(7-10-22(21)32-20-3-1-11-26-16-20)15-27-23(29)14-17-5-8-19(9-6-17)28-34(30,31)24-4-2-12-33-24/h1-13,16,28H,14-15H2,(H,27,29). The van der Waals surface area contributed by atoms with Crippen molar-refractivity contribution in [1.29, 1.82) is 0 Å². The number of aromatic nitrogens is 1. The summed E-state index contributed by atoms with van der Waals surface area (Å²) >= 11 is 1.13. The average Bonchev–Trinajstić information content (AvgIpc) is 3.37. The van der Waals surface area contributed by atoms with Gasteiger partial charge in [-0.15, -0.1) is 11.3 Å². The Hall–Kier alpha value is -3.76. The Morgan fingerprint density at radius 2 is 1.82 bits per heavy atom. The summed E-state index contributed by atoms with van der Waals surface area (Å²) in [4.78, 5) is 16.2. The van der Waals surface area contributed by atoms with Crippen LogP contribution in [0.15, 0.2) is 88.7 Å². The van der Waals surface area contributed by atoms with Gasteiger partial charge in [0.2, 0.25) is 5.91 Å². The number of hydrogen-bond donors (Lipinski definition) is 2. The van der Waals surface area contributed by atoms with Gasteiger partial charge in [0.25, 0.3) is 10.0 Å². The number of rotatable bonds is 9. The Morgan fingerprint density at radius 1 is 1.03 bits per heavy atom. The molecule has 4 rings (SSSR count). The third-order valence-electron chi connectivity index (χ3n) is 4.68. The number of carbonyl (C=O) groups excluding carboxylic acids is 1. The minimum absolute atomic E-state index is 0.0675. The highest BCUT2D eigenvalue weighted by molar-refractivity contribution is 7.94. The summed E-state index contributed by atoms with van der Waals surface area (Å²) in [6.07, 6.45) is 3.18. The normalized spacial score (nSPS) is 11.1. The van der Waals surface area contributed by atoms with E-state index in [-0.39, 0.29) is 28.8 Å². The van der Waals surface area contributed by atoms with E-state index < -0.39 is 15.8 Å². The van der Waals surface area contributed by atoms with Gasteiger partial charge in [-0.05, 0) is 59.0 Å². The molecule has 0 spiro atoms. The fourth-order valence-corrected chi connectivity index (χ4v) is 5.08. The molecule has 10 heteroatoms. The van der Waals surface area contributed by atoms with Gasteiger partial charge in [-0.1, -0.05) is 24.3 Å². The topological polar surface area (TPSA) is 97.4 Å². The lowest BCUT2D eigenvalue weighted by atomic mass is 10.1. The Balaban J connectivity index is 1.29. The molecule has 0 atom stereocenters. The molecule has 0 radical (unpaired) electrons. The van der Waals surface area contributed by atoms with Crippen LogP contribution >= 0.6 is 11.3 Å². The van der Waals surface area contributed by atoms with E-state index in [9.17, 15) is 17.6 Å². The van der Waals surface area contributed by atoms with E-state index in [0.29, 0.717) is 22.6 Å². The number of sulfonamides is 1. The molecule has 34 heavy (non-hydrogen) atoms. The largest absolute Gasteiger partial charge is 0.453 e. The first-order chi connectivity index (χ1) is 16.4. The predicted octanol–water partition coefficient (Wildman–Crippen LogP) is 4.73. The number of anilines is 1. The van der Waals surface area contributed by atoms with Crippen molar-refractivity contribution in [2.45, 2.75) is 17.2 Å². The molecule has 7 nitrogen and oxygen atoms in total. The highest BCUT2D eigenvalue weighted by Gasteiger charge is 2.15. The van der Waals surface area contributed by atoms with E-state index in [2.05, 4.69) is 15.0 Å². The summed E-state index contributed by atoms with van der Waals surface area (Å²) in [6, 6.07) is 17.6. The van der Waals surface area contributed by atoms with E-state index in [1.54, 1.807) is 60.1 Å². The number of hydrogen-bond acceptors (Lipinski definition) is 6. The van der Waals surface area contributed by atoms with Crippen LogP contribution in [-0.4, -0.2) is 19.3 Å². The molecule has 0 fully saturated rings. The van der Waals surface area contributed by atoms with E-state index >= 15 is 0 Å². The molecule has 1 amide bonds. The lowest BCUT2D eigenvalue weighted by Crippen LogP contribution is -2.24. The summed E-state index contributed by atoms with van der Waals surface area (Å²) < 4.78 is 47.1. The van der Waals surface area contributed by atoms with Crippen molar-refractivity contribution in [2.24, 2.45) is 0 Å². The van der Waals surface area contributed by atoms with E-state index in [1.165, 1.54) is 24.4 Å². The molecular formula is C24H20FN3O4S2. The number of pyridine rings is 1. The summed E-state index contributed by atoms with van der Waals surface area (Å²) in [5, 5.41) is 4.44. The Kier molecular flexibility index (Phi) is 7.19. The van der Waals surface area contributed by atoms with Crippen LogP contribution in [0.4, 0.5) is 10.1 Å². The van der Waals surface area contributed by atoms with Crippen molar-refractivity contribution in [2.75, 3.05) is 4.72 Å². The Bertz CT molecular complexity index is 1360. The minimum atomic E-state index is -3.62. The van der Waals surface area contributed by atoms with Crippen LogP contribution in [0.5, 0.6) is 11.5 Å². The zero-order chi connectivity index (χ0) is 24.0. The van der Waals surface area contributed by atoms with Crippen LogP contribution in [0.2, 0.25) is 0 Å². The summed E-state index contributed by atoms with van der Waals surface area (Å²) in [5.74, 6) is -0.301. The maximum Gasteiger partial charge on any atom is 0.271 e. The van der Waals surface area contributed by atoms with Crippen LogP contribution < -0.4 is 14.8 Å². The van der Waals surface area contributed by atoms with Crippen LogP contribution in [-0.2, 0) is 27.8 Å². The number of ether oxygens (including phenoxy) is 1. The van der Waals surface area contributed by atoms with Gasteiger partial charge in [0.05, 0.1) is 12.6 Å². The molecule has 0 unspecified atom stereocenters. The lowest BCUT2D eigenvalue weighted by molar-refractivity contribution is -0.120. The molecule has 174 valence electrons. The van der Waals surface area contributed by atoms with Crippen molar-refractivity contribution < 1.29 is 22.3 Å². The molecule has 2 heterocycles. The molecule has 0 saturated heterocycles. The third kappa shape index (κ3) is 6.18. The summed E-state index contributed by atoms with van der Waals surface area (Å²) in [7, 11) is -3.62. The van der Waals surface area contributed by atoms with Crippen LogP contribution in [0, 0.1) is 5.82 Å². The lowest BCUT2D eigenvalue weighted by Gasteiger charge is -2.10. The van der Waals surface area contributed by atoms with Gasteiger partial charge in [-0.2, -0.15) is 0 Å². The molecule has 0 aliphatic heterocycles. The second kappa shape index (κ2) is 10.4. The first kappa shape index (κ1) is 23.4. The number of amides is 1.